The monoisotopic (exact) mass is 418 g/mol. The van der Waals surface area contributed by atoms with E-state index in [9.17, 15) is 18.3 Å². The van der Waals surface area contributed by atoms with E-state index in [4.69, 9.17) is 0 Å². The molecule has 0 aromatic carbocycles. The number of ether oxygens (including phenoxy) is 1. The molecule has 0 saturated carbocycles. The molecule has 3 heterocycles. The molecule has 1 unspecified atom stereocenters. The van der Waals surface area contributed by atoms with E-state index >= 15 is 0 Å². The molecule has 3 rings (SSSR count). The molecule has 3 aromatic rings. The maximum absolute atomic E-state index is 12.2. The Balaban J connectivity index is 1.86. The topological polar surface area (TPSA) is 81.0 Å². The summed E-state index contributed by atoms with van der Waals surface area (Å²) in [5, 5.41) is 11.5. The fourth-order valence-corrected chi connectivity index (χ4v) is 3.02. The van der Waals surface area contributed by atoms with E-state index < -0.39 is 23.8 Å². The van der Waals surface area contributed by atoms with E-state index in [-0.39, 0.29) is 5.88 Å². The van der Waals surface area contributed by atoms with Gasteiger partial charge in [-0.1, -0.05) is 26.8 Å². The molecule has 0 fully saturated rings. The van der Waals surface area contributed by atoms with Gasteiger partial charge in [-0.05, 0) is 12.1 Å². The van der Waals surface area contributed by atoms with Crippen molar-refractivity contribution in [2.75, 3.05) is 6.61 Å². The maximum Gasteiger partial charge on any atom is 0.422 e. The van der Waals surface area contributed by atoms with Crippen LogP contribution in [0.15, 0.2) is 55.4 Å². The highest BCUT2D eigenvalue weighted by Crippen LogP contribution is 2.43. The zero-order valence-electron chi connectivity index (χ0n) is 16.7. The smallest absolute Gasteiger partial charge is 0.422 e. The van der Waals surface area contributed by atoms with Crippen LogP contribution >= 0.6 is 0 Å². The number of nitrogens with zero attached hydrogens (tertiary/aromatic N) is 4. The molecule has 0 saturated heterocycles. The van der Waals surface area contributed by atoms with E-state index in [1.165, 1.54) is 18.6 Å². The fraction of sp³-hybridized carbons (Fsp3) is 0.333. The van der Waals surface area contributed by atoms with E-state index in [0.717, 1.165) is 0 Å². The van der Waals surface area contributed by atoms with E-state index in [0.29, 0.717) is 22.4 Å². The summed E-state index contributed by atoms with van der Waals surface area (Å²) in [6.07, 6.45) is 3.05. The minimum absolute atomic E-state index is 0.119. The third-order valence-electron chi connectivity index (χ3n) is 4.65. The highest BCUT2D eigenvalue weighted by atomic mass is 19.4. The summed E-state index contributed by atoms with van der Waals surface area (Å²) < 4.78 is 41.3. The van der Waals surface area contributed by atoms with Crippen LogP contribution in [0.3, 0.4) is 0 Å². The Hall–Kier alpha value is -3.07. The van der Waals surface area contributed by atoms with Gasteiger partial charge in [-0.2, -0.15) is 13.2 Å². The summed E-state index contributed by atoms with van der Waals surface area (Å²) in [6.45, 7) is 4.27. The van der Waals surface area contributed by atoms with Gasteiger partial charge in [0.2, 0.25) is 5.88 Å². The van der Waals surface area contributed by atoms with Crippen molar-refractivity contribution < 1.29 is 23.0 Å². The van der Waals surface area contributed by atoms with Gasteiger partial charge in [-0.25, -0.2) is 15.0 Å². The van der Waals surface area contributed by atoms with Crippen molar-refractivity contribution in [3.8, 4) is 17.0 Å². The molecule has 1 N–H and O–H groups in total. The molecule has 30 heavy (non-hydrogen) atoms. The Morgan fingerprint density at radius 1 is 0.867 bits per heavy atom. The molecule has 1 atom stereocenters. The maximum atomic E-state index is 12.2. The van der Waals surface area contributed by atoms with Crippen molar-refractivity contribution in [1.82, 2.24) is 19.9 Å². The van der Waals surface area contributed by atoms with Crippen molar-refractivity contribution in [2.45, 2.75) is 32.5 Å². The Labute approximate surface area is 171 Å². The second-order valence-corrected chi connectivity index (χ2v) is 7.81. The molecule has 0 aliphatic carbocycles. The van der Waals surface area contributed by atoms with Crippen molar-refractivity contribution >= 4 is 0 Å². The van der Waals surface area contributed by atoms with Gasteiger partial charge in [-0.15, -0.1) is 0 Å². The third kappa shape index (κ3) is 4.56. The zero-order chi connectivity index (χ0) is 22.0. The van der Waals surface area contributed by atoms with E-state index in [1.54, 1.807) is 36.8 Å². The van der Waals surface area contributed by atoms with Gasteiger partial charge in [0.15, 0.2) is 6.61 Å². The number of halogens is 3. The first-order valence-corrected chi connectivity index (χ1v) is 9.11. The summed E-state index contributed by atoms with van der Waals surface area (Å²) >= 11 is 0. The summed E-state index contributed by atoms with van der Waals surface area (Å²) in [4.78, 5) is 16.4. The van der Waals surface area contributed by atoms with Gasteiger partial charge < -0.3 is 9.84 Å². The van der Waals surface area contributed by atoms with Crippen LogP contribution in [0.4, 0.5) is 13.2 Å². The van der Waals surface area contributed by atoms with E-state index in [1.807, 2.05) is 20.8 Å². The first-order chi connectivity index (χ1) is 14.0. The second-order valence-electron chi connectivity index (χ2n) is 7.81. The lowest BCUT2D eigenvalue weighted by molar-refractivity contribution is -0.154. The van der Waals surface area contributed by atoms with Gasteiger partial charge in [0.1, 0.15) is 11.9 Å². The Kier molecular flexibility index (Phi) is 5.76. The van der Waals surface area contributed by atoms with Crippen LogP contribution in [0, 0.1) is 5.41 Å². The lowest BCUT2D eigenvalue weighted by atomic mass is 9.71. The average Bonchev–Trinajstić information content (AvgIpc) is 2.71. The Bertz CT molecular complexity index is 972. The molecule has 0 amide bonds. The lowest BCUT2D eigenvalue weighted by Crippen LogP contribution is -2.42. The first-order valence-electron chi connectivity index (χ1n) is 9.11. The fourth-order valence-electron chi connectivity index (χ4n) is 3.02. The van der Waals surface area contributed by atoms with Crippen LogP contribution in [0.5, 0.6) is 5.88 Å². The minimum Gasteiger partial charge on any atom is -0.468 e. The summed E-state index contributed by atoms with van der Waals surface area (Å²) in [5.74, 6) is -0.119. The molecule has 0 radical (unpaired) electrons. The molecule has 0 spiro atoms. The molecule has 0 aliphatic rings. The molecule has 0 bridgehead atoms. The number of rotatable bonds is 5. The second kappa shape index (κ2) is 7.98. The van der Waals surface area contributed by atoms with Crippen molar-refractivity contribution in [2.24, 2.45) is 5.41 Å². The predicted molar refractivity (Wildman–Crippen MR) is 104 cm³/mol. The Morgan fingerprint density at radius 2 is 1.47 bits per heavy atom. The quantitative estimate of drug-likeness (QED) is 0.670. The molecule has 3 aromatic heterocycles. The standard InChI is InChI=1S/C21H21F3N4O2/c1-19(2,3)21(29,16-10-25-13-26-11-16)17-6-4-14(8-27-17)15-5-7-18(28-9-15)30-12-20(22,23)24/h4-11,13,29H,12H2,1-3H3. The van der Waals surface area contributed by atoms with Gasteiger partial charge in [0, 0.05) is 53.0 Å². The van der Waals surface area contributed by atoms with Gasteiger partial charge in [-0.3, -0.25) is 4.98 Å². The summed E-state index contributed by atoms with van der Waals surface area (Å²) in [6, 6.07) is 6.41. The van der Waals surface area contributed by atoms with E-state index in [2.05, 4.69) is 24.7 Å². The number of aliphatic hydroxyl groups is 1. The van der Waals surface area contributed by atoms with Crippen molar-refractivity contribution in [3.63, 3.8) is 0 Å². The van der Waals surface area contributed by atoms with Crippen LogP contribution in [0.25, 0.3) is 11.1 Å². The summed E-state index contributed by atoms with van der Waals surface area (Å²) in [7, 11) is 0. The molecule has 158 valence electrons. The normalized spacial score (nSPS) is 14.2. The Morgan fingerprint density at radius 3 is 1.93 bits per heavy atom. The van der Waals surface area contributed by atoms with Gasteiger partial charge >= 0.3 is 6.18 Å². The number of aromatic nitrogens is 4. The van der Waals surface area contributed by atoms with Crippen LogP contribution in [0.1, 0.15) is 32.0 Å². The van der Waals surface area contributed by atoms with Crippen molar-refractivity contribution in [3.05, 3.63) is 66.6 Å². The zero-order valence-corrected chi connectivity index (χ0v) is 16.7. The highest BCUT2D eigenvalue weighted by Gasteiger charge is 2.45. The first kappa shape index (κ1) is 21.6. The predicted octanol–water partition coefficient (Wildman–Crippen LogP) is 4.16. The average molecular weight is 418 g/mol. The molecule has 0 aliphatic heterocycles. The number of hydrogen-bond donors (Lipinski definition) is 1. The van der Waals surface area contributed by atoms with Gasteiger partial charge in [0.05, 0.1) is 5.69 Å². The largest absolute Gasteiger partial charge is 0.468 e. The van der Waals surface area contributed by atoms with Crippen LogP contribution in [0.2, 0.25) is 0 Å². The number of pyridine rings is 2. The molecule has 6 nitrogen and oxygen atoms in total. The van der Waals surface area contributed by atoms with Crippen molar-refractivity contribution in [1.29, 1.82) is 0 Å². The van der Waals surface area contributed by atoms with Crippen LogP contribution in [-0.2, 0) is 5.60 Å². The minimum atomic E-state index is -4.42. The van der Waals surface area contributed by atoms with Crippen LogP contribution < -0.4 is 4.74 Å². The molecular formula is C21H21F3N4O2. The molecular weight excluding hydrogens is 397 g/mol. The summed E-state index contributed by atoms with van der Waals surface area (Å²) in [5.41, 5.74) is 0.244. The van der Waals surface area contributed by atoms with Crippen LogP contribution in [-0.4, -0.2) is 37.8 Å². The number of alkyl halides is 3. The SMILES string of the molecule is CC(C)(C)C(O)(c1cncnc1)c1ccc(-c2ccc(OCC(F)(F)F)nc2)cn1. The molecule has 9 heteroatoms. The van der Waals surface area contributed by atoms with Gasteiger partial charge in [0.25, 0.3) is 0 Å². The lowest BCUT2D eigenvalue weighted by Gasteiger charge is -2.39. The number of hydrogen-bond acceptors (Lipinski definition) is 6. The third-order valence-corrected chi connectivity index (χ3v) is 4.65. The highest BCUT2D eigenvalue weighted by molar-refractivity contribution is 5.62.